The molecule has 3 rings (SSSR count). The lowest BCUT2D eigenvalue weighted by molar-refractivity contribution is -0.122. The van der Waals surface area contributed by atoms with Crippen LogP contribution in [0.25, 0.3) is 0 Å². The molecule has 0 unspecified atom stereocenters. The maximum atomic E-state index is 12.8. The van der Waals surface area contributed by atoms with Gasteiger partial charge in [0, 0.05) is 26.2 Å². The summed E-state index contributed by atoms with van der Waals surface area (Å²) < 4.78 is 32.4. The van der Waals surface area contributed by atoms with Gasteiger partial charge in [-0.2, -0.15) is 4.31 Å². The normalized spacial score (nSPS) is 16.2. The topological polar surface area (TPSA) is 82.9 Å². The summed E-state index contributed by atoms with van der Waals surface area (Å²) in [4.78, 5) is 14.4. The number of sulfonamides is 1. The van der Waals surface area contributed by atoms with Crippen LogP contribution in [0.4, 0.5) is 0 Å². The van der Waals surface area contributed by atoms with E-state index in [-0.39, 0.29) is 12.5 Å². The fraction of sp³-hybridized carbons (Fsp3) is 0.450. The first-order chi connectivity index (χ1) is 13.5. The molecule has 0 aliphatic carbocycles. The van der Waals surface area contributed by atoms with Gasteiger partial charge in [-0.1, -0.05) is 25.5 Å². The summed E-state index contributed by atoms with van der Waals surface area (Å²) in [5, 5.41) is 2.81. The van der Waals surface area contributed by atoms with Crippen molar-refractivity contribution in [2.24, 2.45) is 0 Å². The van der Waals surface area contributed by atoms with Crippen LogP contribution < -0.4 is 5.32 Å². The minimum atomic E-state index is -3.49. The summed E-state index contributed by atoms with van der Waals surface area (Å²) in [7, 11) is -3.49. The van der Waals surface area contributed by atoms with E-state index < -0.39 is 10.0 Å². The molecule has 1 aliphatic rings. The van der Waals surface area contributed by atoms with Crippen LogP contribution >= 0.6 is 0 Å². The molecule has 2 heterocycles. The van der Waals surface area contributed by atoms with Gasteiger partial charge in [0.05, 0.1) is 24.2 Å². The van der Waals surface area contributed by atoms with E-state index in [0.717, 1.165) is 18.4 Å². The third-order valence-corrected chi connectivity index (χ3v) is 6.75. The van der Waals surface area contributed by atoms with Crippen LogP contribution in [0.3, 0.4) is 0 Å². The van der Waals surface area contributed by atoms with E-state index >= 15 is 0 Å². The highest BCUT2D eigenvalue weighted by Gasteiger charge is 2.29. The SMILES string of the molecule is CCCc1ccc(S(=O)(=O)N2CCN(CC(=O)NCc3ccco3)CC2)cc1. The summed E-state index contributed by atoms with van der Waals surface area (Å²) in [6, 6.07) is 10.7. The van der Waals surface area contributed by atoms with Gasteiger partial charge in [-0.25, -0.2) is 8.42 Å². The minimum absolute atomic E-state index is 0.0979. The first-order valence-electron chi connectivity index (χ1n) is 9.59. The van der Waals surface area contributed by atoms with Crippen molar-refractivity contribution in [2.75, 3.05) is 32.7 Å². The monoisotopic (exact) mass is 405 g/mol. The quantitative estimate of drug-likeness (QED) is 0.725. The molecule has 28 heavy (non-hydrogen) atoms. The van der Waals surface area contributed by atoms with Gasteiger partial charge in [0.2, 0.25) is 15.9 Å². The zero-order valence-corrected chi connectivity index (χ0v) is 17.0. The molecule has 1 amide bonds. The van der Waals surface area contributed by atoms with E-state index in [4.69, 9.17) is 4.42 Å². The lowest BCUT2D eigenvalue weighted by Crippen LogP contribution is -2.50. The second-order valence-corrected chi connectivity index (χ2v) is 8.87. The number of furan rings is 1. The van der Waals surface area contributed by atoms with Crippen molar-refractivity contribution >= 4 is 15.9 Å². The zero-order chi connectivity index (χ0) is 20.0. The number of hydrogen-bond donors (Lipinski definition) is 1. The van der Waals surface area contributed by atoms with Crippen molar-refractivity contribution in [1.29, 1.82) is 0 Å². The average molecular weight is 406 g/mol. The Labute approximate surface area is 166 Å². The highest BCUT2D eigenvalue weighted by Crippen LogP contribution is 2.18. The smallest absolute Gasteiger partial charge is 0.243 e. The molecule has 8 heteroatoms. The number of rotatable bonds is 8. The maximum Gasteiger partial charge on any atom is 0.243 e. The lowest BCUT2D eigenvalue weighted by Gasteiger charge is -2.33. The van der Waals surface area contributed by atoms with E-state index in [0.29, 0.717) is 43.4 Å². The standard InChI is InChI=1S/C20H27N3O4S/c1-2-4-17-6-8-19(9-7-17)28(25,26)23-12-10-22(11-13-23)16-20(24)21-15-18-5-3-14-27-18/h3,5-9,14H,2,4,10-13,15-16H2,1H3,(H,21,24). The average Bonchev–Trinajstić information content (AvgIpc) is 3.21. The first kappa shape index (κ1) is 20.6. The minimum Gasteiger partial charge on any atom is -0.467 e. The molecule has 0 radical (unpaired) electrons. The number of benzene rings is 1. The Bertz CT molecular complexity index is 855. The molecule has 0 bridgehead atoms. The van der Waals surface area contributed by atoms with Crippen LogP contribution in [0, 0.1) is 0 Å². The van der Waals surface area contributed by atoms with Gasteiger partial charge in [0.15, 0.2) is 0 Å². The molecule has 0 atom stereocenters. The Morgan fingerprint density at radius 2 is 1.82 bits per heavy atom. The number of nitrogens with one attached hydrogen (secondary N) is 1. The fourth-order valence-corrected chi connectivity index (χ4v) is 4.67. The van der Waals surface area contributed by atoms with Gasteiger partial charge in [-0.05, 0) is 36.2 Å². The summed E-state index contributed by atoms with van der Waals surface area (Å²) in [6.07, 6.45) is 3.54. The number of carbonyl (C=O) groups excluding carboxylic acids is 1. The molecule has 1 fully saturated rings. The highest BCUT2D eigenvalue weighted by molar-refractivity contribution is 7.89. The molecular formula is C20H27N3O4S. The first-order valence-corrected chi connectivity index (χ1v) is 11.0. The Kier molecular flexibility index (Phi) is 6.88. The van der Waals surface area contributed by atoms with Gasteiger partial charge in [0.25, 0.3) is 0 Å². The van der Waals surface area contributed by atoms with E-state index in [1.54, 1.807) is 30.5 Å². The second kappa shape index (κ2) is 9.36. The van der Waals surface area contributed by atoms with Crippen LogP contribution in [-0.2, 0) is 27.8 Å². The van der Waals surface area contributed by atoms with E-state index in [1.165, 1.54) is 4.31 Å². The Morgan fingerprint density at radius 3 is 2.43 bits per heavy atom. The number of piperazine rings is 1. The molecule has 1 aliphatic heterocycles. The van der Waals surface area contributed by atoms with E-state index in [9.17, 15) is 13.2 Å². The maximum absolute atomic E-state index is 12.8. The van der Waals surface area contributed by atoms with Crippen molar-refractivity contribution < 1.29 is 17.6 Å². The van der Waals surface area contributed by atoms with Gasteiger partial charge in [-0.15, -0.1) is 0 Å². The second-order valence-electron chi connectivity index (χ2n) is 6.93. The summed E-state index contributed by atoms with van der Waals surface area (Å²) in [6.45, 7) is 4.52. The van der Waals surface area contributed by atoms with Crippen molar-refractivity contribution in [3.05, 3.63) is 54.0 Å². The molecule has 1 N–H and O–H groups in total. The van der Waals surface area contributed by atoms with Crippen LogP contribution in [0.2, 0.25) is 0 Å². The number of amides is 1. The number of nitrogens with zero attached hydrogens (tertiary/aromatic N) is 2. The Morgan fingerprint density at radius 1 is 1.11 bits per heavy atom. The Hall–Kier alpha value is -2.16. The molecule has 1 saturated heterocycles. The van der Waals surface area contributed by atoms with Gasteiger partial charge in [-0.3, -0.25) is 9.69 Å². The molecular weight excluding hydrogens is 378 g/mol. The number of carbonyl (C=O) groups is 1. The molecule has 2 aromatic rings. The molecule has 7 nitrogen and oxygen atoms in total. The van der Waals surface area contributed by atoms with Crippen LogP contribution in [0.15, 0.2) is 52.0 Å². The fourth-order valence-electron chi connectivity index (χ4n) is 3.25. The predicted octanol–water partition coefficient (Wildman–Crippen LogP) is 1.85. The van der Waals surface area contributed by atoms with Crippen molar-refractivity contribution in [1.82, 2.24) is 14.5 Å². The largest absolute Gasteiger partial charge is 0.467 e. The molecule has 1 aromatic carbocycles. The van der Waals surface area contributed by atoms with Crippen LogP contribution in [0.1, 0.15) is 24.7 Å². The van der Waals surface area contributed by atoms with E-state index in [1.807, 2.05) is 17.0 Å². The van der Waals surface area contributed by atoms with Gasteiger partial charge >= 0.3 is 0 Å². The van der Waals surface area contributed by atoms with Crippen LogP contribution in [-0.4, -0.2) is 56.3 Å². The number of aryl methyl sites for hydroxylation is 1. The highest BCUT2D eigenvalue weighted by atomic mass is 32.2. The predicted molar refractivity (Wildman–Crippen MR) is 106 cm³/mol. The van der Waals surface area contributed by atoms with Crippen molar-refractivity contribution in [3.8, 4) is 0 Å². The summed E-state index contributed by atoms with van der Waals surface area (Å²) in [5.41, 5.74) is 1.15. The molecule has 0 spiro atoms. The lowest BCUT2D eigenvalue weighted by atomic mass is 10.1. The zero-order valence-electron chi connectivity index (χ0n) is 16.1. The Balaban J connectivity index is 1.49. The van der Waals surface area contributed by atoms with Crippen molar-refractivity contribution in [2.45, 2.75) is 31.2 Å². The summed E-state index contributed by atoms with van der Waals surface area (Å²) in [5.74, 6) is 0.605. The van der Waals surface area contributed by atoms with Crippen LogP contribution in [0.5, 0.6) is 0 Å². The molecule has 152 valence electrons. The summed E-state index contributed by atoms with van der Waals surface area (Å²) >= 11 is 0. The van der Waals surface area contributed by atoms with Crippen molar-refractivity contribution in [3.63, 3.8) is 0 Å². The molecule has 0 saturated carbocycles. The van der Waals surface area contributed by atoms with E-state index in [2.05, 4.69) is 12.2 Å². The third-order valence-electron chi connectivity index (χ3n) is 4.84. The van der Waals surface area contributed by atoms with Gasteiger partial charge in [0.1, 0.15) is 5.76 Å². The number of hydrogen-bond acceptors (Lipinski definition) is 5. The third kappa shape index (κ3) is 5.21. The van der Waals surface area contributed by atoms with Gasteiger partial charge < -0.3 is 9.73 Å². The molecule has 1 aromatic heterocycles.